The van der Waals surface area contributed by atoms with E-state index < -0.39 is 5.41 Å². The largest absolute Gasteiger partial charge is 0.492 e. The Labute approximate surface area is 129 Å². The van der Waals surface area contributed by atoms with Crippen LogP contribution in [0.3, 0.4) is 0 Å². The molecule has 20 heavy (non-hydrogen) atoms. The molecule has 0 aliphatic rings. The fourth-order valence-corrected chi connectivity index (χ4v) is 2.27. The third-order valence-electron chi connectivity index (χ3n) is 3.70. The van der Waals surface area contributed by atoms with Crippen LogP contribution in [0.1, 0.15) is 26.7 Å². The van der Waals surface area contributed by atoms with Gasteiger partial charge < -0.3 is 15.8 Å². The number of hydrogen-bond acceptors (Lipinski definition) is 3. The smallest absolute Gasteiger partial charge is 0.227 e. The molecule has 0 aliphatic heterocycles. The molecule has 1 rings (SSSR count). The van der Waals surface area contributed by atoms with Crippen molar-refractivity contribution in [3.63, 3.8) is 0 Å². The average molecular weight is 343 g/mol. The van der Waals surface area contributed by atoms with Gasteiger partial charge in [0.25, 0.3) is 0 Å². The van der Waals surface area contributed by atoms with Crippen molar-refractivity contribution < 1.29 is 9.53 Å². The minimum atomic E-state index is -0.447. The molecule has 5 heteroatoms. The van der Waals surface area contributed by atoms with E-state index >= 15 is 0 Å². The van der Waals surface area contributed by atoms with E-state index in [0.717, 1.165) is 23.1 Å². The highest BCUT2D eigenvalue weighted by atomic mass is 79.9. The standard InChI is InChI=1S/C15H23BrN2O2/c1-3-15(4-2,11-17)14(19)18-9-10-20-13-7-5-12(16)6-8-13/h5-8H,3-4,9-11,17H2,1-2H3,(H,18,19). The highest BCUT2D eigenvalue weighted by molar-refractivity contribution is 9.10. The van der Waals surface area contributed by atoms with E-state index in [1.54, 1.807) is 0 Å². The molecule has 0 bridgehead atoms. The summed E-state index contributed by atoms with van der Waals surface area (Å²) in [6.07, 6.45) is 1.50. The van der Waals surface area contributed by atoms with Crippen LogP contribution in [0.25, 0.3) is 0 Å². The Morgan fingerprint density at radius 3 is 2.40 bits per heavy atom. The summed E-state index contributed by atoms with van der Waals surface area (Å²) >= 11 is 3.37. The van der Waals surface area contributed by atoms with Crippen LogP contribution >= 0.6 is 15.9 Å². The van der Waals surface area contributed by atoms with Gasteiger partial charge in [-0.25, -0.2) is 0 Å². The van der Waals surface area contributed by atoms with Gasteiger partial charge in [0.2, 0.25) is 5.91 Å². The lowest BCUT2D eigenvalue weighted by Gasteiger charge is -2.28. The third-order valence-corrected chi connectivity index (χ3v) is 4.22. The summed E-state index contributed by atoms with van der Waals surface area (Å²) in [4.78, 5) is 12.2. The summed E-state index contributed by atoms with van der Waals surface area (Å²) in [5, 5.41) is 2.90. The second-order valence-corrected chi connectivity index (χ2v) is 5.67. The van der Waals surface area contributed by atoms with Crippen LogP contribution < -0.4 is 15.8 Å². The topological polar surface area (TPSA) is 64.4 Å². The highest BCUT2D eigenvalue weighted by Crippen LogP contribution is 2.24. The monoisotopic (exact) mass is 342 g/mol. The summed E-state index contributed by atoms with van der Waals surface area (Å²) in [6, 6.07) is 7.60. The van der Waals surface area contributed by atoms with Gasteiger partial charge in [0.15, 0.2) is 0 Å². The number of nitrogens with two attached hydrogens (primary N) is 1. The van der Waals surface area contributed by atoms with Gasteiger partial charge in [0.05, 0.1) is 12.0 Å². The number of carbonyl (C=O) groups is 1. The molecule has 112 valence electrons. The molecule has 1 aromatic rings. The van der Waals surface area contributed by atoms with E-state index in [2.05, 4.69) is 21.2 Å². The molecule has 0 fully saturated rings. The van der Waals surface area contributed by atoms with Gasteiger partial charge in [0.1, 0.15) is 12.4 Å². The number of rotatable bonds is 8. The zero-order valence-electron chi connectivity index (χ0n) is 12.1. The minimum Gasteiger partial charge on any atom is -0.492 e. The van der Waals surface area contributed by atoms with Crippen LogP contribution in [0.5, 0.6) is 5.75 Å². The van der Waals surface area contributed by atoms with Crippen molar-refractivity contribution in [3.8, 4) is 5.75 Å². The van der Waals surface area contributed by atoms with Gasteiger partial charge in [-0.3, -0.25) is 4.79 Å². The van der Waals surface area contributed by atoms with Gasteiger partial charge in [-0.2, -0.15) is 0 Å². The molecular formula is C15H23BrN2O2. The number of halogens is 1. The van der Waals surface area contributed by atoms with Gasteiger partial charge in [-0.05, 0) is 37.1 Å². The molecule has 4 nitrogen and oxygen atoms in total. The van der Waals surface area contributed by atoms with Crippen molar-refractivity contribution >= 4 is 21.8 Å². The molecule has 0 saturated carbocycles. The Bertz CT molecular complexity index is 408. The molecule has 0 aromatic heterocycles. The fourth-order valence-electron chi connectivity index (χ4n) is 2.00. The first kappa shape index (κ1) is 17.0. The third kappa shape index (κ3) is 4.49. The van der Waals surface area contributed by atoms with Crippen molar-refractivity contribution in [2.24, 2.45) is 11.1 Å². The van der Waals surface area contributed by atoms with Crippen LogP contribution in [-0.2, 0) is 4.79 Å². The maximum absolute atomic E-state index is 12.2. The van der Waals surface area contributed by atoms with Gasteiger partial charge >= 0.3 is 0 Å². The molecule has 0 radical (unpaired) electrons. The van der Waals surface area contributed by atoms with E-state index in [1.165, 1.54) is 0 Å². The molecule has 0 spiro atoms. The lowest BCUT2D eigenvalue weighted by molar-refractivity contribution is -0.131. The van der Waals surface area contributed by atoms with E-state index in [9.17, 15) is 4.79 Å². The van der Waals surface area contributed by atoms with Crippen molar-refractivity contribution in [2.45, 2.75) is 26.7 Å². The summed E-state index contributed by atoms with van der Waals surface area (Å²) in [5.74, 6) is 0.808. The molecule has 0 atom stereocenters. The van der Waals surface area contributed by atoms with Crippen molar-refractivity contribution in [2.75, 3.05) is 19.7 Å². The first-order valence-electron chi connectivity index (χ1n) is 6.94. The number of benzene rings is 1. The number of carbonyl (C=O) groups excluding carboxylic acids is 1. The summed E-state index contributed by atoms with van der Waals surface area (Å²) in [5.41, 5.74) is 5.30. The Balaban J connectivity index is 2.36. The van der Waals surface area contributed by atoms with Gasteiger partial charge in [0, 0.05) is 11.0 Å². The number of amides is 1. The van der Waals surface area contributed by atoms with Crippen LogP contribution in [-0.4, -0.2) is 25.6 Å². The zero-order chi connectivity index (χ0) is 15.0. The van der Waals surface area contributed by atoms with Crippen molar-refractivity contribution in [1.29, 1.82) is 0 Å². The fraction of sp³-hybridized carbons (Fsp3) is 0.533. The second kappa shape index (κ2) is 8.27. The van der Waals surface area contributed by atoms with Crippen molar-refractivity contribution in [1.82, 2.24) is 5.32 Å². The Morgan fingerprint density at radius 1 is 1.30 bits per heavy atom. The van der Waals surface area contributed by atoms with E-state index in [1.807, 2.05) is 38.1 Å². The van der Waals surface area contributed by atoms with E-state index in [-0.39, 0.29) is 5.91 Å². The van der Waals surface area contributed by atoms with Crippen LogP contribution in [0.2, 0.25) is 0 Å². The summed E-state index contributed by atoms with van der Waals surface area (Å²) in [7, 11) is 0. The van der Waals surface area contributed by atoms with Crippen LogP contribution in [0.15, 0.2) is 28.7 Å². The molecule has 0 aliphatic carbocycles. The highest BCUT2D eigenvalue weighted by Gasteiger charge is 2.32. The lowest BCUT2D eigenvalue weighted by atomic mass is 9.81. The van der Waals surface area contributed by atoms with Crippen molar-refractivity contribution in [3.05, 3.63) is 28.7 Å². The van der Waals surface area contributed by atoms with E-state index in [4.69, 9.17) is 10.5 Å². The molecule has 3 N–H and O–H groups in total. The predicted molar refractivity (Wildman–Crippen MR) is 84.7 cm³/mol. The molecular weight excluding hydrogens is 320 g/mol. The predicted octanol–water partition coefficient (Wildman–Crippen LogP) is 2.71. The lowest BCUT2D eigenvalue weighted by Crippen LogP contribution is -2.46. The Kier molecular flexibility index (Phi) is 7.02. The summed E-state index contributed by atoms with van der Waals surface area (Å²) < 4.78 is 6.57. The summed E-state index contributed by atoms with van der Waals surface area (Å²) in [6.45, 7) is 5.29. The first-order chi connectivity index (χ1) is 9.57. The SMILES string of the molecule is CCC(CC)(CN)C(=O)NCCOc1ccc(Br)cc1. The average Bonchev–Trinajstić information content (AvgIpc) is 2.48. The maximum Gasteiger partial charge on any atom is 0.227 e. The molecule has 0 heterocycles. The normalized spacial score (nSPS) is 11.2. The van der Waals surface area contributed by atoms with Gasteiger partial charge in [-0.1, -0.05) is 29.8 Å². The molecule has 1 amide bonds. The Hall–Kier alpha value is -1.07. The maximum atomic E-state index is 12.2. The molecule has 1 aromatic carbocycles. The first-order valence-corrected chi connectivity index (χ1v) is 7.74. The van der Waals surface area contributed by atoms with Crippen LogP contribution in [0.4, 0.5) is 0 Å². The quantitative estimate of drug-likeness (QED) is 0.714. The van der Waals surface area contributed by atoms with Gasteiger partial charge in [-0.15, -0.1) is 0 Å². The number of nitrogens with one attached hydrogen (secondary N) is 1. The Morgan fingerprint density at radius 2 is 1.90 bits per heavy atom. The van der Waals surface area contributed by atoms with E-state index in [0.29, 0.717) is 19.7 Å². The molecule has 0 saturated heterocycles. The minimum absolute atomic E-state index is 0.0180. The zero-order valence-corrected chi connectivity index (χ0v) is 13.7. The molecule has 0 unspecified atom stereocenters. The second-order valence-electron chi connectivity index (χ2n) is 4.75. The van der Waals surface area contributed by atoms with Crippen LogP contribution in [0, 0.1) is 5.41 Å². The number of ether oxygens (including phenoxy) is 1. The number of hydrogen-bond donors (Lipinski definition) is 2.